The van der Waals surface area contributed by atoms with Gasteiger partial charge in [0, 0.05) is 0 Å². The minimum absolute atomic E-state index is 0.877. The average molecular weight is 194 g/mol. The first-order chi connectivity index (χ1) is 5.91. The highest BCUT2D eigenvalue weighted by Crippen LogP contribution is 2.07. The second-order valence-corrected chi connectivity index (χ2v) is 2.23. The van der Waals surface area contributed by atoms with Gasteiger partial charge in [-0.05, 0) is 0 Å². The van der Waals surface area contributed by atoms with E-state index < -0.39 is 36.3 Å². The zero-order valence-electron chi connectivity index (χ0n) is 6.45. The summed E-state index contributed by atoms with van der Waals surface area (Å²) in [6.07, 6.45) is -3.78. The molecule has 0 aromatic rings. The second kappa shape index (κ2) is 4.65. The molecule has 0 heterocycles. The van der Waals surface area contributed by atoms with Crippen molar-refractivity contribution < 1.29 is 35.4 Å². The number of hydrogen-bond donors (Lipinski definition) is 6. The SMILES string of the molecule is O=C(O)/C(O)=C(\O)[C@H](O)[C@@H](O)CO. The lowest BCUT2D eigenvalue weighted by atomic mass is 10.1. The largest absolute Gasteiger partial charge is 0.506 e. The van der Waals surface area contributed by atoms with E-state index in [0.717, 1.165) is 0 Å². The number of hydrogen-bond acceptors (Lipinski definition) is 6. The fourth-order valence-electron chi connectivity index (χ4n) is 0.532. The van der Waals surface area contributed by atoms with Gasteiger partial charge in [0.1, 0.15) is 12.2 Å². The van der Waals surface area contributed by atoms with Crippen LogP contribution >= 0.6 is 0 Å². The Hall–Kier alpha value is -1.31. The fourth-order valence-corrected chi connectivity index (χ4v) is 0.532. The molecule has 76 valence electrons. The molecule has 0 aromatic heterocycles. The molecule has 0 fully saturated rings. The highest BCUT2D eigenvalue weighted by Gasteiger charge is 2.25. The molecule has 0 aromatic carbocycles. The van der Waals surface area contributed by atoms with Crippen molar-refractivity contribution in [1.29, 1.82) is 0 Å². The van der Waals surface area contributed by atoms with Crippen LogP contribution in [0.4, 0.5) is 0 Å². The molecule has 0 rings (SSSR count). The normalized spacial score (nSPS) is 17.5. The molecule has 7 heteroatoms. The summed E-state index contributed by atoms with van der Waals surface area (Å²) in [5.74, 6) is -4.62. The van der Waals surface area contributed by atoms with Crippen LogP contribution < -0.4 is 0 Å². The topological polar surface area (TPSA) is 138 Å². The molecule has 0 saturated heterocycles. The Kier molecular flexibility index (Phi) is 4.18. The molecule has 6 N–H and O–H groups in total. The van der Waals surface area contributed by atoms with Crippen LogP contribution in [0.15, 0.2) is 11.5 Å². The van der Waals surface area contributed by atoms with Gasteiger partial charge in [-0.3, -0.25) is 0 Å². The number of carbonyl (C=O) groups is 1. The van der Waals surface area contributed by atoms with Crippen molar-refractivity contribution in [2.75, 3.05) is 6.61 Å². The number of carboxylic acid groups (broad SMARTS) is 1. The first-order valence-electron chi connectivity index (χ1n) is 3.24. The van der Waals surface area contributed by atoms with Crippen LogP contribution in [-0.4, -0.2) is 55.4 Å². The molecule has 0 saturated carbocycles. The van der Waals surface area contributed by atoms with E-state index in [9.17, 15) is 4.79 Å². The Morgan fingerprint density at radius 3 is 1.92 bits per heavy atom. The summed E-state index contributed by atoms with van der Waals surface area (Å²) in [5.41, 5.74) is 0. The van der Waals surface area contributed by atoms with Crippen molar-refractivity contribution in [3.8, 4) is 0 Å². The Balaban J connectivity index is 4.66. The van der Waals surface area contributed by atoms with Crippen molar-refractivity contribution >= 4 is 5.97 Å². The van der Waals surface area contributed by atoms with Crippen LogP contribution in [0.25, 0.3) is 0 Å². The molecule has 0 amide bonds. The van der Waals surface area contributed by atoms with Crippen molar-refractivity contribution in [2.24, 2.45) is 0 Å². The number of aliphatic hydroxyl groups is 5. The zero-order chi connectivity index (χ0) is 10.6. The Morgan fingerprint density at radius 2 is 1.62 bits per heavy atom. The maximum atomic E-state index is 10.0. The molecule has 0 aliphatic heterocycles. The molecular weight excluding hydrogens is 184 g/mol. The van der Waals surface area contributed by atoms with Crippen LogP contribution in [0.5, 0.6) is 0 Å². The lowest BCUT2D eigenvalue weighted by Crippen LogP contribution is -2.32. The maximum Gasteiger partial charge on any atom is 0.374 e. The summed E-state index contributed by atoms with van der Waals surface area (Å²) in [7, 11) is 0. The van der Waals surface area contributed by atoms with Gasteiger partial charge in [-0.25, -0.2) is 4.79 Å². The highest BCUT2D eigenvalue weighted by molar-refractivity contribution is 5.84. The zero-order valence-corrected chi connectivity index (χ0v) is 6.45. The van der Waals surface area contributed by atoms with E-state index in [0.29, 0.717) is 0 Å². The quantitative estimate of drug-likeness (QED) is 0.227. The maximum absolute atomic E-state index is 10.0. The molecule has 0 aliphatic rings. The summed E-state index contributed by atoms with van der Waals surface area (Å²) in [5, 5.41) is 51.4. The minimum Gasteiger partial charge on any atom is -0.506 e. The Morgan fingerprint density at radius 1 is 1.15 bits per heavy atom. The summed E-state index contributed by atoms with van der Waals surface area (Å²) < 4.78 is 0. The lowest BCUT2D eigenvalue weighted by molar-refractivity contribution is -0.136. The molecule has 2 atom stereocenters. The third-order valence-electron chi connectivity index (χ3n) is 1.28. The Labute approximate surface area is 72.8 Å². The minimum atomic E-state index is -2.03. The van der Waals surface area contributed by atoms with Crippen LogP contribution in [0, 0.1) is 0 Å². The first-order valence-corrected chi connectivity index (χ1v) is 3.24. The van der Waals surface area contributed by atoms with Gasteiger partial charge >= 0.3 is 5.97 Å². The fraction of sp³-hybridized carbons (Fsp3) is 0.500. The predicted molar refractivity (Wildman–Crippen MR) is 39.0 cm³/mol. The van der Waals surface area contributed by atoms with E-state index in [1.54, 1.807) is 0 Å². The van der Waals surface area contributed by atoms with Gasteiger partial charge in [0.05, 0.1) is 6.61 Å². The Bertz CT molecular complexity index is 221. The smallest absolute Gasteiger partial charge is 0.374 e. The standard InChI is InChI=1S/C6H10O7/c7-1-2(8)3(9)4(10)5(11)6(12)13/h2-3,7-11H,1H2,(H,12,13)/b5-4+/t2-,3+/m0/s1. The van der Waals surface area contributed by atoms with Crippen molar-refractivity contribution in [2.45, 2.75) is 12.2 Å². The molecule has 0 spiro atoms. The summed E-state index contributed by atoms with van der Waals surface area (Å²) in [6.45, 7) is -0.877. The van der Waals surface area contributed by atoms with Crippen LogP contribution in [0.3, 0.4) is 0 Å². The number of rotatable bonds is 4. The summed E-state index contributed by atoms with van der Waals surface area (Å²) >= 11 is 0. The molecule has 13 heavy (non-hydrogen) atoms. The molecule has 0 aliphatic carbocycles. The second-order valence-electron chi connectivity index (χ2n) is 2.23. The van der Waals surface area contributed by atoms with E-state index in [2.05, 4.69) is 0 Å². The van der Waals surface area contributed by atoms with E-state index in [-0.39, 0.29) is 0 Å². The molecule has 0 bridgehead atoms. The van der Waals surface area contributed by atoms with Gasteiger partial charge in [-0.2, -0.15) is 0 Å². The average Bonchev–Trinajstić information content (AvgIpc) is 2.12. The van der Waals surface area contributed by atoms with Crippen molar-refractivity contribution in [3.63, 3.8) is 0 Å². The van der Waals surface area contributed by atoms with Gasteiger partial charge in [0.25, 0.3) is 0 Å². The summed E-state index contributed by atoms with van der Waals surface area (Å²) in [6, 6.07) is 0. The molecule has 0 unspecified atom stereocenters. The van der Waals surface area contributed by atoms with Gasteiger partial charge in [0.15, 0.2) is 5.76 Å². The van der Waals surface area contributed by atoms with Crippen LogP contribution in [-0.2, 0) is 4.79 Å². The number of aliphatic carboxylic acids is 1. The number of carboxylic acids is 1. The van der Waals surface area contributed by atoms with E-state index >= 15 is 0 Å². The van der Waals surface area contributed by atoms with Crippen molar-refractivity contribution in [1.82, 2.24) is 0 Å². The van der Waals surface area contributed by atoms with Gasteiger partial charge in [-0.15, -0.1) is 0 Å². The highest BCUT2D eigenvalue weighted by atomic mass is 16.4. The number of aliphatic hydroxyl groups excluding tert-OH is 5. The lowest BCUT2D eigenvalue weighted by Gasteiger charge is -2.14. The summed E-state index contributed by atoms with van der Waals surface area (Å²) in [4.78, 5) is 10.0. The predicted octanol–water partition coefficient (Wildman–Crippen LogP) is -1.89. The third kappa shape index (κ3) is 2.90. The van der Waals surface area contributed by atoms with Gasteiger partial charge in [-0.1, -0.05) is 0 Å². The van der Waals surface area contributed by atoms with Gasteiger partial charge in [0.2, 0.25) is 5.76 Å². The molecule has 0 radical (unpaired) electrons. The van der Waals surface area contributed by atoms with E-state index in [1.807, 2.05) is 0 Å². The van der Waals surface area contributed by atoms with Gasteiger partial charge < -0.3 is 30.6 Å². The van der Waals surface area contributed by atoms with Crippen LogP contribution in [0.1, 0.15) is 0 Å². The van der Waals surface area contributed by atoms with E-state index in [4.69, 9.17) is 30.6 Å². The monoisotopic (exact) mass is 194 g/mol. The van der Waals surface area contributed by atoms with Crippen molar-refractivity contribution in [3.05, 3.63) is 11.5 Å². The van der Waals surface area contributed by atoms with E-state index in [1.165, 1.54) is 0 Å². The molecular formula is C6H10O7. The first kappa shape index (κ1) is 11.7. The third-order valence-corrected chi connectivity index (χ3v) is 1.28. The molecule has 7 nitrogen and oxygen atoms in total. The van der Waals surface area contributed by atoms with Crippen LogP contribution in [0.2, 0.25) is 0 Å².